The van der Waals surface area contributed by atoms with Gasteiger partial charge >= 0.3 is 0 Å². The minimum absolute atomic E-state index is 0.0280. The summed E-state index contributed by atoms with van der Waals surface area (Å²) in [6, 6.07) is 13.0. The van der Waals surface area contributed by atoms with Crippen LogP contribution in [0.25, 0.3) is 0 Å². The van der Waals surface area contributed by atoms with Crippen LogP contribution in [0.3, 0.4) is 0 Å². The Morgan fingerprint density at radius 2 is 1.89 bits per heavy atom. The molecule has 1 heterocycles. The average Bonchev–Trinajstić information content (AvgIpc) is 3.25. The smallest absolute Gasteiger partial charge is 0.267 e. The van der Waals surface area contributed by atoms with Crippen molar-refractivity contribution in [2.24, 2.45) is 0 Å². The molecule has 1 aliphatic heterocycles. The van der Waals surface area contributed by atoms with Crippen molar-refractivity contribution in [3.05, 3.63) is 65.7 Å². The van der Waals surface area contributed by atoms with Gasteiger partial charge in [0.05, 0.1) is 19.7 Å². The topological polar surface area (TPSA) is 108 Å². The molecule has 0 spiro atoms. The van der Waals surface area contributed by atoms with E-state index in [1.54, 1.807) is 54.6 Å². The summed E-state index contributed by atoms with van der Waals surface area (Å²) in [6.45, 7) is -0.992. The van der Waals surface area contributed by atoms with Crippen LogP contribution in [0.15, 0.2) is 54.6 Å². The minimum atomic E-state index is -3.32. The number of halogens is 2. The molecule has 38 heavy (non-hydrogen) atoms. The summed E-state index contributed by atoms with van der Waals surface area (Å²) >= 11 is 0. The van der Waals surface area contributed by atoms with Crippen molar-refractivity contribution >= 4 is 17.7 Å². The number of nitrogens with zero attached hydrogens (tertiary/aromatic N) is 1. The highest BCUT2D eigenvalue weighted by Crippen LogP contribution is 2.33. The Kier molecular flexibility index (Phi) is 9.79. The molecule has 3 N–H and O–H groups in total. The van der Waals surface area contributed by atoms with E-state index >= 15 is 0 Å². The lowest BCUT2D eigenvalue weighted by atomic mass is 9.99. The molecular weight excluding hydrogens is 496 g/mol. The molecule has 2 aromatic carbocycles. The van der Waals surface area contributed by atoms with E-state index in [4.69, 9.17) is 11.2 Å². The quantitative estimate of drug-likeness (QED) is 0.388. The first kappa shape index (κ1) is 28.6. The summed E-state index contributed by atoms with van der Waals surface area (Å²) in [5.41, 5.74) is 1.39. The molecule has 10 heteroatoms. The third-order valence-corrected chi connectivity index (χ3v) is 6.23. The van der Waals surface area contributed by atoms with Crippen molar-refractivity contribution in [1.82, 2.24) is 15.5 Å². The van der Waals surface area contributed by atoms with Crippen molar-refractivity contribution in [3.8, 4) is 18.1 Å². The van der Waals surface area contributed by atoms with Crippen LogP contribution >= 0.6 is 0 Å². The minimum Gasteiger partial charge on any atom is -0.497 e. The zero-order valence-electron chi connectivity index (χ0n) is 21.0. The van der Waals surface area contributed by atoms with Crippen LogP contribution < -0.4 is 15.4 Å². The monoisotopic (exact) mass is 527 g/mol. The second-order valence-corrected chi connectivity index (χ2v) is 9.12. The summed E-state index contributed by atoms with van der Waals surface area (Å²) in [5.74, 6) is -2.74. The Labute approximate surface area is 220 Å². The van der Waals surface area contributed by atoms with Gasteiger partial charge in [-0.25, -0.2) is 8.78 Å². The third-order valence-electron chi connectivity index (χ3n) is 6.23. The van der Waals surface area contributed by atoms with E-state index in [2.05, 4.69) is 16.6 Å². The predicted octanol–water partition coefficient (Wildman–Crippen LogP) is 2.05. The number of amides is 3. The summed E-state index contributed by atoms with van der Waals surface area (Å²) in [5, 5.41) is 16.2. The molecule has 1 aliphatic rings. The number of carbonyl (C=O) groups is 3. The van der Waals surface area contributed by atoms with Gasteiger partial charge in [-0.2, -0.15) is 0 Å². The first-order chi connectivity index (χ1) is 18.1. The van der Waals surface area contributed by atoms with Gasteiger partial charge in [-0.3, -0.25) is 14.4 Å². The Morgan fingerprint density at radius 3 is 2.58 bits per heavy atom. The second-order valence-electron chi connectivity index (χ2n) is 9.12. The second kappa shape index (κ2) is 13.0. The Bertz CT molecular complexity index is 1170. The SMILES string of the molecule is C#CCCC(=O)N[C@@H](Cc1ccccc1)[C@H](O)C(=O)N1CC(F)(F)C[C@H]1C(=O)NCc1cccc(OC)c1. The number of ether oxygens (including phenoxy) is 1. The number of hydrogen-bond acceptors (Lipinski definition) is 5. The number of aliphatic hydroxyl groups excluding tert-OH is 1. The number of hydrogen-bond donors (Lipinski definition) is 3. The zero-order chi connectivity index (χ0) is 27.7. The number of nitrogens with one attached hydrogen (secondary N) is 2. The van der Waals surface area contributed by atoms with Crippen molar-refractivity contribution in [1.29, 1.82) is 0 Å². The van der Waals surface area contributed by atoms with E-state index in [0.717, 1.165) is 0 Å². The fraction of sp³-hybridized carbons (Fsp3) is 0.393. The van der Waals surface area contributed by atoms with E-state index in [9.17, 15) is 28.3 Å². The van der Waals surface area contributed by atoms with E-state index < -0.39 is 54.8 Å². The Hall–Kier alpha value is -3.97. The summed E-state index contributed by atoms with van der Waals surface area (Å²) in [7, 11) is 1.50. The molecule has 1 fully saturated rings. The molecule has 0 radical (unpaired) electrons. The molecule has 3 amide bonds. The third kappa shape index (κ3) is 7.76. The van der Waals surface area contributed by atoms with Crippen molar-refractivity contribution in [2.45, 2.75) is 56.3 Å². The molecule has 0 aromatic heterocycles. The van der Waals surface area contributed by atoms with Crippen molar-refractivity contribution in [2.75, 3.05) is 13.7 Å². The highest BCUT2D eigenvalue weighted by atomic mass is 19.3. The van der Waals surface area contributed by atoms with E-state index in [1.165, 1.54) is 7.11 Å². The standard InChI is InChI=1S/C28H31F2N3O5/c1-3-4-13-24(34)32-22(15-19-9-6-5-7-10-19)25(35)27(37)33-18-28(29,30)16-23(33)26(36)31-17-20-11-8-12-21(14-20)38-2/h1,5-12,14,22-23,25,35H,4,13,15-18H2,2H3,(H,31,36)(H,32,34)/t22-,23-,25-/m0/s1. The summed E-state index contributed by atoms with van der Waals surface area (Å²) < 4.78 is 34.0. The lowest BCUT2D eigenvalue weighted by Gasteiger charge is -2.30. The Balaban J connectivity index is 1.75. The first-order valence-corrected chi connectivity index (χ1v) is 12.2. The number of carbonyl (C=O) groups excluding carboxylic acids is 3. The number of likely N-dealkylation sites (tertiary alicyclic amines) is 1. The maximum atomic E-state index is 14.4. The highest BCUT2D eigenvalue weighted by Gasteiger charge is 2.51. The van der Waals surface area contributed by atoms with Crippen LogP contribution in [0.1, 0.15) is 30.4 Å². The first-order valence-electron chi connectivity index (χ1n) is 12.2. The molecule has 202 valence electrons. The lowest BCUT2D eigenvalue weighted by molar-refractivity contribution is -0.147. The fourth-order valence-corrected chi connectivity index (χ4v) is 4.29. The number of methoxy groups -OCH3 is 1. The van der Waals surface area contributed by atoms with Crippen molar-refractivity contribution < 1.29 is 33.0 Å². The van der Waals surface area contributed by atoms with Gasteiger partial charge in [0.15, 0.2) is 6.10 Å². The summed E-state index contributed by atoms with van der Waals surface area (Å²) in [6.07, 6.45) is 2.65. The molecule has 3 rings (SSSR count). The van der Waals surface area contributed by atoms with Gasteiger partial charge in [0.1, 0.15) is 11.8 Å². The van der Waals surface area contributed by atoms with Gasteiger partial charge < -0.3 is 25.4 Å². The van der Waals surface area contributed by atoms with Crippen LogP contribution in [0.4, 0.5) is 8.78 Å². The van der Waals surface area contributed by atoms with Crippen LogP contribution in [-0.2, 0) is 27.3 Å². The summed E-state index contributed by atoms with van der Waals surface area (Å²) in [4.78, 5) is 39.3. The average molecular weight is 528 g/mol. The molecule has 0 unspecified atom stereocenters. The van der Waals surface area contributed by atoms with Crippen LogP contribution in [0.5, 0.6) is 5.75 Å². The van der Waals surface area contributed by atoms with E-state index in [0.29, 0.717) is 21.8 Å². The largest absolute Gasteiger partial charge is 0.497 e. The molecule has 0 bridgehead atoms. The number of benzene rings is 2. The van der Waals surface area contributed by atoms with Gasteiger partial charge in [0.25, 0.3) is 11.8 Å². The van der Waals surface area contributed by atoms with E-state index in [1.807, 2.05) is 0 Å². The van der Waals surface area contributed by atoms with Gasteiger partial charge in [0, 0.05) is 25.8 Å². The molecule has 1 saturated heterocycles. The maximum Gasteiger partial charge on any atom is 0.267 e. The van der Waals surface area contributed by atoms with Gasteiger partial charge in [-0.1, -0.05) is 42.5 Å². The van der Waals surface area contributed by atoms with Gasteiger partial charge in [-0.15, -0.1) is 12.3 Å². The molecular formula is C28H31F2N3O5. The van der Waals surface area contributed by atoms with E-state index in [-0.39, 0.29) is 25.8 Å². The van der Waals surface area contributed by atoms with Crippen LogP contribution in [0, 0.1) is 12.3 Å². The normalized spacial score (nSPS) is 17.7. The molecule has 0 aliphatic carbocycles. The number of rotatable bonds is 11. The maximum absolute atomic E-state index is 14.4. The Morgan fingerprint density at radius 1 is 1.18 bits per heavy atom. The number of alkyl halides is 2. The number of terminal acetylenes is 1. The molecule has 3 atom stereocenters. The molecule has 2 aromatic rings. The molecule has 0 saturated carbocycles. The van der Waals surface area contributed by atoms with Crippen molar-refractivity contribution in [3.63, 3.8) is 0 Å². The van der Waals surface area contributed by atoms with Gasteiger partial charge in [-0.05, 0) is 29.7 Å². The fourth-order valence-electron chi connectivity index (χ4n) is 4.29. The zero-order valence-corrected chi connectivity index (χ0v) is 21.0. The van der Waals surface area contributed by atoms with Gasteiger partial charge in [0.2, 0.25) is 11.8 Å². The highest BCUT2D eigenvalue weighted by molar-refractivity contribution is 5.91. The lowest BCUT2D eigenvalue weighted by Crippen LogP contribution is -2.55. The number of aliphatic hydroxyl groups is 1. The molecule has 8 nitrogen and oxygen atoms in total. The van der Waals surface area contributed by atoms with Crippen LogP contribution in [0.2, 0.25) is 0 Å². The van der Waals surface area contributed by atoms with Crippen LogP contribution in [-0.4, -0.2) is 65.5 Å². The predicted molar refractivity (Wildman–Crippen MR) is 136 cm³/mol.